The molecule has 2 rings (SSSR count). The van der Waals surface area contributed by atoms with E-state index in [4.69, 9.17) is 0 Å². The molecule has 0 heterocycles. The third-order valence-corrected chi connectivity index (χ3v) is 3.58. The van der Waals surface area contributed by atoms with E-state index >= 15 is 0 Å². The minimum atomic E-state index is 1.05. The van der Waals surface area contributed by atoms with Crippen LogP contribution in [0.5, 0.6) is 0 Å². The molecule has 0 unspecified atom stereocenters. The zero-order valence-corrected chi connectivity index (χ0v) is 11.0. The van der Waals surface area contributed by atoms with E-state index in [1.165, 1.54) is 27.8 Å². The van der Waals surface area contributed by atoms with Gasteiger partial charge in [-0.3, -0.25) is 0 Å². The Morgan fingerprint density at radius 1 is 0.765 bits per heavy atom. The monoisotopic (exact) mass is 224 g/mol. The van der Waals surface area contributed by atoms with Gasteiger partial charge in [0.05, 0.1) is 0 Å². The van der Waals surface area contributed by atoms with Crippen LogP contribution in [-0.4, -0.2) is 0 Å². The van der Waals surface area contributed by atoms with Crippen molar-refractivity contribution in [3.63, 3.8) is 0 Å². The van der Waals surface area contributed by atoms with Crippen molar-refractivity contribution in [2.75, 3.05) is 0 Å². The molecule has 2 aromatic rings. The van der Waals surface area contributed by atoms with E-state index in [9.17, 15) is 0 Å². The first-order valence-corrected chi connectivity index (χ1v) is 6.34. The van der Waals surface area contributed by atoms with Crippen molar-refractivity contribution in [3.8, 4) is 0 Å². The quantitative estimate of drug-likeness (QED) is 0.722. The summed E-state index contributed by atoms with van der Waals surface area (Å²) in [5.74, 6) is 0. The Morgan fingerprint density at radius 3 is 2.12 bits per heavy atom. The molecular weight excluding hydrogens is 204 g/mol. The molecule has 0 nitrogen and oxygen atoms in total. The van der Waals surface area contributed by atoms with Gasteiger partial charge in [-0.25, -0.2) is 0 Å². The van der Waals surface area contributed by atoms with Gasteiger partial charge in [-0.15, -0.1) is 0 Å². The van der Waals surface area contributed by atoms with Gasteiger partial charge in [0.15, 0.2) is 0 Å². The summed E-state index contributed by atoms with van der Waals surface area (Å²) in [7, 11) is 0. The maximum absolute atomic E-state index is 2.25. The van der Waals surface area contributed by atoms with Gasteiger partial charge in [0.2, 0.25) is 0 Å². The topological polar surface area (TPSA) is 0 Å². The first kappa shape index (κ1) is 11.9. The van der Waals surface area contributed by atoms with Crippen LogP contribution in [0.25, 0.3) is 0 Å². The van der Waals surface area contributed by atoms with Gasteiger partial charge in [0, 0.05) is 0 Å². The minimum absolute atomic E-state index is 1.05. The molecule has 0 saturated carbocycles. The van der Waals surface area contributed by atoms with Crippen molar-refractivity contribution in [2.24, 2.45) is 0 Å². The smallest absolute Gasteiger partial charge is 0.00204 e. The molecule has 0 radical (unpaired) electrons. The van der Waals surface area contributed by atoms with Crippen molar-refractivity contribution < 1.29 is 0 Å². The van der Waals surface area contributed by atoms with Gasteiger partial charge in [0.25, 0.3) is 0 Å². The molecule has 0 spiro atoms. The Balaban J connectivity index is 2.34. The Bertz CT molecular complexity index is 509. The van der Waals surface area contributed by atoms with Gasteiger partial charge in [-0.1, -0.05) is 49.4 Å². The highest BCUT2D eigenvalue weighted by Crippen LogP contribution is 2.19. The maximum Gasteiger partial charge on any atom is -0.00204 e. The summed E-state index contributed by atoms with van der Waals surface area (Å²) in [4.78, 5) is 0. The van der Waals surface area contributed by atoms with Gasteiger partial charge < -0.3 is 0 Å². The number of hydrogen-bond acceptors (Lipinski definition) is 0. The van der Waals surface area contributed by atoms with Crippen LogP contribution in [0.1, 0.15) is 34.7 Å². The lowest BCUT2D eigenvalue weighted by molar-refractivity contribution is 1.06. The second-order valence-electron chi connectivity index (χ2n) is 4.66. The third kappa shape index (κ3) is 2.58. The molecular formula is C17H20. The largest absolute Gasteiger partial charge is 0.0620 e. The number of aryl methyl sites for hydroxylation is 2. The number of benzene rings is 2. The Morgan fingerprint density at radius 2 is 1.41 bits per heavy atom. The van der Waals surface area contributed by atoms with E-state index in [1.807, 2.05) is 0 Å². The van der Waals surface area contributed by atoms with Crippen molar-refractivity contribution in [3.05, 3.63) is 70.3 Å². The van der Waals surface area contributed by atoms with Crippen LogP contribution in [0.15, 0.2) is 42.5 Å². The third-order valence-electron chi connectivity index (χ3n) is 3.58. The molecule has 17 heavy (non-hydrogen) atoms. The van der Waals surface area contributed by atoms with Gasteiger partial charge in [0.1, 0.15) is 0 Å². The highest BCUT2D eigenvalue weighted by molar-refractivity contribution is 5.39. The van der Waals surface area contributed by atoms with Crippen LogP contribution in [0, 0.1) is 13.8 Å². The summed E-state index contributed by atoms with van der Waals surface area (Å²) in [5, 5.41) is 0. The minimum Gasteiger partial charge on any atom is -0.0620 e. The highest BCUT2D eigenvalue weighted by atomic mass is 14.1. The van der Waals surface area contributed by atoms with E-state index in [2.05, 4.69) is 63.2 Å². The van der Waals surface area contributed by atoms with Crippen molar-refractivity contribution in [1.82, 2.24) is 0 Å². The fraction of sp³-hybridized carbons (Fsp3) is 0.294. The predicted octanol–water partition coefficient (Wildman–Crippen LogP) is 4.46. The molecule has 0 aromatic heterocycles. The Hall–Kier alpha value is -1.56. The molecule has 0 saturated heterocycles. The molecule has 2 aromatic carbocycles. The van der Waals surface area contributed by atoms with E-state index in [1.54, 1.807) is 0 Å². The van der Waals surface area contributed by atoms with Gasteiger partial charge >= 0.3 is 0 Å². The molecule has 0 atom stereocenters. The predicted molar refractivity (Wildman–Crippen MR) is 74.5 cm³/mol. The molecule has 88 valence electrons. The molecule has 0 N–H and O–H groups in total. The molecule has 0 bridgehead atoms. The average molecular weight is 224 g/mol. The van der Waals surface area contributed by atoms with Crippen LogP contribution in [0.4, 0.5) is 0 Å². The van der Waals surface area contributed by atoms with E-state index < -0.39 is 0 Å². The Labute approximate surface area is 104 Å². The summed E-state index contributed by atoms with van der Waals surface area (Å²) in [6.07, 6.45) is 2.17. The summed E-state index contributed by atoms with van der Waals surface area (Å²) in [6, 6.07) is 15.3. The lowest BCUT2D eigenvalue weighted by Crippen LogP contribution is -1.97. The maximum atomic E-state index is 2.25. The fourth-order valence-corrected chi connectivity index (χ4v) is 2.32. The number of rotatable bonds is 3. The van der Waals surface area contributed by atoms with Crippen LogP contribution >= 0.6 is 0 Å². The normalized spacial score (nSPS) is 10.5. The molecule has 0 aliphatic rings. The summed E-state index contributed by atoms with van der Waals surface area (Å²) in [6.45, 7) is 6.65. The lowest BCUT2D eigenvalue weighted by Gasteiger charge is -2.11. The zero-order valence-electron chi connectivity index (χ0n) is 11.0. The molecule has 0 aliphatic heterocycles. The molecule has 0 amide bonds. The van der Waals surface area contributed by atoms with E-state index in [0.29, 0.717) is 0 Å². The standard InChI is InChI=1S/C17H20/c1-4-15-10-7-11-17(14(15)3)12-16-9-6-5-8-13(16)2/h5-11H,4,12H2,1-3H3. The zero-order chi connectivity index (χ0) is 12.3. The van der Waals surface area contributed by atoms with Crippen molar-refractivity contribution in [2.45, 2.75) is 33.6 Å². The van der Waals surface area contributed by atoms with Crippen molar-refractivity contribution >= 4 is 0 Å². The summed E-state index contributed by atoms with van der Waals surface area (Å²) < 4.78 is 0. The van der Waals surface area contributed by atoms with Crippen LogP contribution in [0.3, 0.4) is 0 Å². The molecule has 0 aliphatic carbocycles. The summed E-state index contributed by atoms with van der Waals surface area (Å²) >= 11 is 0. The first-order chi connectivity index (χ1) is 8.22. The average Bonchev–Trinajstić information content (AvgIpc) is 2.34. The lowest BCUT2D eigenvalue weighted by atomic mass is 9.94. The van der Waals surface area contributed by atoms with Crippen LogP contribution < -0.4 is 0 Å². The van der Waals surface area contributed by atoms with Crippen LogP contribution in [0.2, 0.25) is 0 Å². The number of hydrogen-bond donors (Lipinski definition) is 0. The molecule has 0 heteroatoms. The van der Waals surface area contributed by atoms with Crippen LogP contribution in [-0.2, 0) is 12.8 Å². The second kappa shape index (κ2) is 5.18. The van der Waals surface area contributed by atoms with E-state index in [0.717, 1.165) is 12.8 Å². The Kier molecular flexibility index (Phi) is 3.63. The van der Waals surface area contributed by atoms with Crippen molar-refractivity contribution in [1.29, 1.82) is 0 Å². The fourth-order valence-electron chi connectivity index (χ4n) is 2.32. The second-order valence-corrected chi connectivity index (χ2v) is 4.66. The SMILES string of the molecule is CCc1cccc(Cc2ccccc2C)c1C. The summed E-state index contributed by atoms with van der Waals surface area (Å²) in [5.41, 5.74) is 7.20. The van der Waals surface area contributed by atoms with Gasteiger partial charge in [-0.2, -0.15) is 0 Å². The van der Waals surface area contributed by atoms with Gasteiger partial charge in [-0.05, 0) is 54.5 Å². The van der Waals surface area contributed by atoms with E-state index in [-0.39, 0.29) is 0 Å². The highest BCUT2D eigenvalue weighted by Gasteiger charge is 2.04. The molecule has 0 fully saturated rings. The first-order valence-electron chi connectivity index (χ1n) is 6.34.